The Labute approximate surface area is 208 Å². The van der Waals surface area contributed by atoms with E-state index in [0.29, 0.717) is 35.4 Å². The van der Waals surface area contributed by atoms with E-state index in [-0.39, 0.29) is 22.1 Å². The minimum atomic E-state index is -3.35. The number of anilines is 3. The molecule has 2 saturated heterocycles. The van der Waals surface area contributed by atoms with Crippen molar-refractivity contribution in [1.82, 2.24) is 20.1 Å². The molecule has 2 aromatic heterocycles. The van der Waals surface area contributed by atoms with Crippen molar-refractivity contribution in [1.29, 1.82) is 0 Å². The second-order valence-electron chi connectivity index (χ2n) is 9.50. The van der Waals surface area contributed by atoms with E-state index in [1.165, 1.54) is 18.5 Å². The van der Waals surface area contributed by atoms with Crippen LogP contribution in [0.15, 0.2) is 33.9 Å². The summed E-state index contributed by atoms with van der Waals surface area (Å²) in [5, 5.41) is 7.63. The van der Waals surface area contributed by atoms with E-state index < -0.39 is 9.84 Å². The first kappa shape index (κ1) is 22.5. The summed E-state index contributed by atoms with van der Waals surface area (Å²) < 4.78 is 35.6. The van der Waals surface area contributed by atoms with Gasteiger partial charge in [-0.15, -0.1) is 0 Å². The van der Waals surface area contributed by atoms with E-state index in [9.17, 15) is 8.42 Å². The number of rotatable bonds is 7. The van der Waals surface area contributed by atoms with Gasteiger partial charge in [0.2, 0.25) is 5.88 Å². The molecular weight excluding hydrogens is 492 g/mol. The highest BCUT2D eigenvalue weighted by Gasteiger charge is 2.50. The van der Waals surface area contributed by atoms with Crippen LogP contribution in [-0.2, 0) is 9.84 Å². The second-order valence-corrected chi connectivity index (χ2v) is 11.9. The van der Waals surface area contributed by atoms with Crippen LogP contribution < -0.4 is 15.0 Å². The van der Waals surface area contributed by atoms with Gasteiger partial charge in [0.1, 0.15) is 18.2 Å². The van der Waals surface area contributed by atoms with Crippen LogP contribution in [0.5, 0.6) is 5.88 Å². The molecule has 1 saturated carbocycles. The fourth-order valence-electron chi connectivity index (χ4n) is 4.97. The number of benzene rings is 1. The lowest BCUT2D eigenvalue weighted by Crippen LogP contribution is -2.35. The molecule has 10 nitrogen and oxygen atoms in total. The molecule has 1 N–H and O–H groups in total. The van der Waals surface area contributed by atoms with Gasteiger partial charge in [0.25, 0.3) is 0 Å². The molecule has 6 rings (SSSR count). The number of fused-ring (bicyclic) bond motifs is 2. The van der Waals surface area contributed by atoms with Crippen LogP contribution in [0.4, 0.5) is 17.5 Å². The summed E-state index contributed by atoms with van der Waals surface area (Å²) in [7, 11) is -3.35. The summed E-state index contributed by atoms with van der Waals surface area (Å²) in [5.41, 5.74) is 1.28. The third-order valence-electron chi connectivity index (χ3n) is 7.00. The third kappa shape index (κ3) is 4.20. The molecule has 3 fully saturated rings. The molecule has 2 bridgehead atoms. The normalized spacial score (nSPS) is 23.6. The number of nitrogens with zero attached hydrogens (tertiary/aromatic N) is 5. The molecule has 3 atom stereocenters. The number of sulfone groups is 1. The lowest BCUT2D eigenvalue weighted by molar-refractivity contribution is 0.164. The van der Waals surface area contributed by atoms with E-state index in [1.54, 1.807) is 6.07 Å². The summed E-state index contributed by atoms with van der Waals surface area (Å²) in [4.78, 5) is 15.7. The molecule has 12 heteroatoms. The van der Waals surface area contributed by atoms with E-state index in [4.69, 9.17) is 20.9 Å². The first-order valence-corrected chi connectivity index (χ1v) is 13.9. The molecule has 3 aromatic rings. The maximum absolute atomic E-state index is 11.8. The summed E-state index contributed by atoms with van der Waals surface area (Å²) in [6.07, 6.45) is 7.72. The summed E-state index contributed by atoms with van der Waals surface area (Å²) in [5.74, 6) is 2.29. The number of hydrogen-bond acceptors (Lipinski definition) is 10. The van der Waals surface area contributed by atoms with Crippen molar-refractivity contribution in [2.45, 2.75) is 68.0 Å². The molecule has 0 radical (unpaired) electrons. The first-order chi connectivity index (χ1) is 16.8. The maximum Gasteiger partial charge on any atom is 0.324 e. The minimum Gasteiger partial charge on any atom is -0.472 e. The molecular formula is C23H25ClN6O4S. The SMILES string of the molecule is Cc1c(Nc2ccc(S(C)(=O)=O)cc2Cl)ncnc1O[C@H]1CC2CCC1N2c1nc(C2CC2)no1. The second kappa shape index (κ2) is 8.34. The van der Waals surface area contributed by atoms with Crippen molar-refractivity contribution >= 4 is 39.0 Å². The van der Waals surface area contributed by atoms with Gasteiger partial charge in [0, 0.05) is 24.6 Å². The average molecular weight is 517 g/mol. The lowest BCUT2D eigenvalue weighted by atomic mass is 9.98. The molecule has 184 valence electrons. The average Bonchev–Trinajstić information content (AvgIpc) is 3.27. The highest BCUT2D eigenvalue weighted by atomic mass is 35.5. The predicted molar refractivity (Wildman–Crippen MR) is 129 cm³/mol. The number of nitrogens with one attached hydrogen (secondary N) is 1. The Hall–Kier alpha value is -2.92. The van der Waals surface area contributed by atoms with Crippen molar-refractivity contribution in [3.63, 3.8) is 0 Å². The summed E-state index contributed by atoms with van der Waals surface area (Å²) in [6, 6.07) is 5.60. The Kier molecular flexibility index (Phi) is 5.37. The van der Waals surface area contributed by atoms with Crippen molar-refractivity contribution in [2.75, 3.05) is 16.5 Å². The molecule has 0 amide bonds. The Morgan fingerprint density at radius 1 is 1.20 bits per heavy atom. The van der Waals surface area contributed by atoms with Crippen molar-refractivity contribution in [3.8, 4) is 5.88 Å². The number of hydrogen-bond donors (Lipinski definition) is 1. The molecule has 0 spiro atoms. The van der Waals surface area contributed by atoms with Crippen molar-refractivity contribution < 1.29 is 17.7 Å². The first-order valence-electron chi connectivity index (χ1n) is 11.6. The number of halogens is 1. The van der Waals surface area contributed by atoms with Gasteiger partial charge in [-0.05, 0) is 50.8 Å². The van der Waals surface area contributed by atoms with Gasteiger partial charge in [0.05, 0.1) is 27.2 Å². The zero-order valence-corrected chi connectivity index (χ0v) is 20.9. The molecule has 1 aliphatic carbocycles. The molecule has 4 heterocycles. The van der Waals surface area contributed by atoms with Crippen LogP contribution >= 0.6 is 11.6 Å². The predicted octanol–water partition coefficient (Wildman–Crippen LogP) is 4.03. The molecule has 3 aliphatic rings. The van der Waals surface area contributed by atoms with Crippen molar-refractivity contribution in [3.05, 3.63) is 40.9 Å². The van der Waals surface area contributed by atoms with Gasteiger partial charge in [-0.25, -0.2) is 18.4 Å². The van der Waals surface area contributed by atoms with Crippen LogP contribution in [0.2, 0.25) is 5.02 Å². The van der Waals surface area contributed by atoms with Gasteiger partial charge in [-0.2, -0.15) is 4.98 Å². The molecule has 35 heavy (non-hydrogen) atoms. The monoisotopic (exact) mass is 516 g/mol. The Morgan fingerprint density at radius 3 is 2.77 bits per heavy atom. The van der Waals surface area contributed by atoms with E-state index >= 15 is 0 Å². The number of ether oxygens (including phenoxy) is 1. The van der Waals surface area contributed by atoms with Crippen molar-refractivity contribution in [2.24, 2.45) is 0 Å². The molecule has 1 aromatic carbocycles. The van der Waals surface area contributed by atoms with Gasteiger partial charge in [0.15, 0.2) is 15.7 Å². The molecule has 2 aliphatic heterocycles. The van der Waals surface area contributed by atoms with Gasteiger partial charge < -0.3 is 19.5 Å². The number of aromatic nitrogens is 4. The topological polar surface area (TPSA) is 123 Å². The third-order valence-corrected chi connectivity index (χ3v) is 8.42. The van der Waals surface area contributed by atoms with Crippen LogP contribution in [0.25, 0.3) is 0 Å². The summed E-state index contributed by atoms with van der Waals surface area (Å²) >= 11 is 6.33. The lowest BCUT2D eigenvalue weighted by Gasteiger charge is -2.24. The fraction of sp³-hybridized carbons (Fsp3) is 0.478. The fourth-order valence-corrected chi connectivity index (χ4v) is 5.91. The minimum absolute atomic E-state index is 0.0518. The van der Waals surface area contributed by atoms with E-state index in [0.717, 1.165) is 49.7 Å². The maximum atomic E-state index is 11.8. The van der Waals surface area contributed by atoms with Gasteiger partial charge in [-0.3, -0.25) is 0 Å². The molecule has 2 unspecified atom stereocenters. The summed E-state index contributed by atoms with van der Waals surface area (Å²) in [6.45, 7) is 1.88. The van der Waals surface area contributed by atoms with Crippen LogP contribution in [0.3, 0.4) is 0 Å². The smallest absolute Gasteiger partial charge is 0.324 e. The highest BCUT2D eigenvalue weighted by molar-refractivity contribution is 7.90. The van der Waals surface area contributed by atoms with Gasteiger partial charge >= 0.3 is 6.01 Å². The highest BCUT2D eigenvalue weighted by Crippen LogP contribution is 2.44. The van der Waals surface area contributed by atoms with Crippen LogP contribution in [0, 0.1) is 6.92 Å². The Morgan fingerprint density at radius 2 is 2.03 bits per heavy atom. The van der Waals surface area contributed by atoms with E-state index in [1.807, 2.05) is 6.92 Å². The van der Waals surface area contributed by atoms with E-state index in [2.05, 4.69) is 30.3 Å². The largest absolute Gasteiger partial charge is 0.472 e. The van der Waals surface area contributed by atoms with Crippen LogP contribution in [0.1, 0.15) is 49.4 Å². The Balaban J connectivity index is 1.19. The Bertz CT molecular complexity index is 1390. The zero-order valence-electron chi connectivity index (χ0n) is 19.3. The zero-order chi connectivity index (χ0) is 24.3. The quantitative estimate of drug-likeness (QED) is 0.492. The van der Waals surface area contributed by atoms with Gasteiger partial charge in [-0.1, -0.05) is 16.8 Å². The standard InChI is InChI=1S/C23H25ClN6O4S/c1-12-20(27-17-7-6-15(10-16(17)24)35(2,31)32)25-11-26-22(12)33-19-9-14-5-8-18(19)30(14)23-28-21(29-34-23)13-3-4-13/h6-7,10-11,13-14,18-19H,3-5,8-9H2,1-2H3,(H,25,26,27)/t14?,18?,19-/m0/s1. The van der Waals surface area contributed by atoms with Crippen LogP contribution in [-0.4, -0.2) is 53.0 Å².